The summed E-state index contributed by atoms with van der Waals surface area (Å²) in [7, 11) is 0. The molecule has 1 aromatic rings. The zero-order valence-corrected chi connectivity index (χ0v) is 20.4. The second kappa shape index (κ2) is 12.1. The number of nitrogens with zero attached hydrogens (tertiary/aromatic N) is 2. The number of ether oxygens (including phenoxy) is 3. The fraction of sp³-hybridized carbons (Fsp3) is 0.696. The highest BCUT2D eigenvalue weighted by Gasteiger charge is 2.32. The molecule has 0 spiro atoms. The molecule has 168 valence electrons. The minimum Gasteiger partial charge on any atom is -0.490 e. The monoisotopic (exact) mass is 529 g/mol. The van der Waals surface area contributed by atoms with Crippen LogP contribution in [0.1, 0.15) is 51.0 Å². The van der Waals surface area contributed by atoms with E-state index in [1.807, 2.05) is 0 Å². The van der Waals surface area contributed by atoms with E-state index in [-0.39, 0.29) is 36.2 Å². The average Bonchev–Trinajstić information content (AvgIpc) is 3.46. The molecule has 0 aromatic heterocycles. The summed E-state index contributed by atoms with van der Waals surface area (Å²) < 4.78 is 18.2. The van der Waals surface area contributed by atoms with Crippen LogP contribution in [-0.2, 0) is 16.0 Å². The standard InChI is InChI=1S/C23H35N3O3.HI/c1-2-24-23(26-13-15-28-22(17-26)21-12-7-14-27-21)25-16-18-8-3-6-11-20(18)29-19-9-4-5-10-19;/h3,6,8,11,19,21-22H,2,4-5,7,9-10,12-17H2,1H3,(H,24,25);1H. The lowest BCUT2D eigenvalue weighted by Crippen LogP contribution is -2.53. The first-order valence-electron chi connectivity index (χ1n) is 11.3. The Labute approximate surface area is 197 Å². The molecule has 0 amide bonds. The molecule has 1 aliphatic carbocycles. The molecule has 0 bridgehead atoms. The molecule has 1 aromatic carbocycles. The molecule has 3 aliphatic rings. The number of morpholine rings is 1. The smallest absolute Gasteiger partial charge is 0.194 e. The highest BCUT2D eigenvalue weighted by Crippen LogP contribution is 2.27. The Morgan fingerprint density at radius 1 is 1.10 bits per heavy atom. The van der Waals surface area contributed by atoms with Crippen molar-refractivity contribution in [3.8, 4) is 5.75 Å². The molecule has 2 saturated heterocycles. The molecule has 2 aliphatic heterocycles. The van der Waals surface area contributed by atoms with E-state index in [0.29, 0.717) is 12.6 Å². The lowest BCUT2D eigenvalue weighted by Gasteiger charge is -2.37. The van der Waals surface area contributed by atoms with E-state index in [0.717, 1.165) is 63.0 Å². The zero-order chi connectivity index (χ0) is 19.9. The van der Waals surface area contributed by atoms with Gasteiger partial charge in [0.15, 0.2) is 5.96 Å². The minimum absolute atomic E-state index is 0. The number of nitrogens with one attached hydrogen (secondary N) is 1. The third kappa shape index (κ3) is 6.23. The van der Waals surface area contributed by atoms with Crippen molar-refractivity contribution in [1.82, 2.24) is 10.2 Å². The van der Waals surface area contributed by atoms with Crippen LogP contribution in [-0.4, -0.2) is 62.0 Å². The molecule has 2 unspecified atom stereocenters. The Morgan fingerprint density at radius 3 is 2.67 bits per heavy atom. The lowest BCUT2D eigenvalue weighted by atomic mass is 10.1. The molecule has 2 heterocycles. The van der Waals surface area contributed by atoms with Crippen molar-refractivity contribution in [1.29, 1.82) is 0 Å². The summed E-state index contributed by atoms with van der Waals surface area (Å²) in [6, 6.07) is 8.34. The largest absolute Gasteiger partial charge is 0.490 e. The first-order chi connectivity index (χ1) is 14.3. The second-order valence-electron chi connectivity index (χ2n) is 8.21. The second-order valence-corrected chi connectivity index (χ2v) is 8.21. The zero-order valence-electron chi connectivity index (χ0n) is 18.1. The summed E-state index contributed by atoms with van der Waals surface area (Å²) in [6.07, 6.45) is 7.83. The molecule has 7 heteroatoms. The van der Waals surface area contributed by atoms with E-state index < -0.39 is 0 Å². The van der Waals surface area contributed by atoms with Gasteiger partial charge < -0.3 is 24.4 Å². The van der Waals surface area contributed by atoms with Gasteiger partial charge >= 0.3 is 0 Å². The van der Waals surface area contributed by atoms with Gasteiger partial charge in [-0.3, -0.25) is 0 Å². The molecule has 0 radical (unpaired) electrons. The molecular weight excluding hydrogens is 493 g/mol. The van der Waals surface area contributed by atoms with E-state index >= 15 is 0 Å². The summed E-state index contributed by atoms with van der Waals surface area (Å²) >= 11 is 0. The molecule has 1 N–H and O–H groups in total. The minimum atomic E-state index is 0. The van der Waals surface area contributed by atoms with Crippen molar-refractivity contribution >= 4 is 29.9 Å². The summed E-state index contributed by atoms with van der Waals surface area (Å²) in [5, 5.41) is 3.47. The molecule has 2 atom stereocenters. The predicted molar refractivity (Wildman–Crippen MR) is 130 cm³/mol. The van der Waals surface area contributed by atoms with E-state index in [1.165, 1.54) is 25.7 Å². The van der Waals surface area contributed by atoms with E-state index in [1.54, 1.807) is 0 Å². The van der Waals surface area contributed by atoms with Gasteiger partial charge in [-0.2, -0.15) is 0 Å². The van der Waals surface area contributed by atoms with Gasteiger partial charge in [0.25, 0.3) is 0 Å². The van der Waals surface area contributed by atoms with Crippen LogP contribution in [0, 0.1) is 0 Å². The highest BCUT2D eigenvalue weighted by molar-refractivity contribution is 14.0. The van der Waals surface area contributed by atoms with Gasteiger partial charge in [-0.05, 0) is 51.5 Å². The summed E-state index contributed by atoms with van der Waals surface area (Å²) in [4.78, 5) is 7.28. The number of rotatable bonds is 6. The topological polar surface area (TPSA) is 55.3 Å². The van der Waals surface area contributed by atoms with E-state index in [2.05, 4.69) is 41.4 Å². The number of hydrogen-bond donors (Lipinski definition) is 1. The molecular formula is C23H36IN3O3. The molecule has 30 heavy (non-hydrogen) atoms. The van der Waals surface area contributed by atoms with Gasteiger partial charge in [-0.15, -0.1) is 24.0 Å². The van der Waals surface area contributed by atoms with Crippen LogP contribution in [0.25, 0.3) is 0 Å². The molecule has 6 nitrogen and oxygen atoms in total. The van der Waals surface area contributed by atoms with Gasteiger partial charge in [0.1, 0.15) is 11.9 Å². The van der Waals surface area contributed by atoms with Crippen molar-refractivity contribution in [3.05, 3.63) is 29.8 Å². The van der Waals surface area contributed by atoms with Crippen LogP contribution in [0.15, 0.2) is 29.3 Å². The van der Waals surface area contributed by atoms with E-state index in [4.69, 9.17) is 19.2 Å². The number of aliphatic imine (C=N–C) groups is 1. The third-order valence-electron chi connectivity index (χ3n) is 6.08. The van der Waals surface area contributed by atoms with Gasteiger partial charge in [0.2, 0.25) is 0 Å². The number of hydrogen-bond acceptors (Lipinski definition) is 4. The van der Waals surface area contributed by atoms with Crippen LogP contribution in [0.4, 0.5) is 0 Å². The summed E-state index contributed by atoms with van der Waals surface area (Å²) in [5.74, 6) is 1.94. The van der Waals surface area contributed by atoms with Gasteiger partial charge in [-0.1, -0.05) is 18.2 Å². The van der Waals surface area contributed by atoms with E-state index in [9.17, 15) is 0 Å². The van der Waals surface area contributed by atoms with Crippen molar-refractivity contribution in [2.45, 2.75) is 70.3 Å². The summed E-state index contributed by atoms with van der Waals surface area (Å²) in [6.45, 7) is 6.84. The SMILES string of the molecule is CCNC(=NCc1ccccc1OC1CCCC1)N1CCOC(C2CCCO2)C1.I. The fourth-order valence-corrected chi connectivity index (χ4v) is 4.51. The van der Waals surface area contributed by atoms with Crippen molar-refractivity contribution in [2.75, 3.05) is 32.8 Å². The maximum Gasteiger partial charge on any atom is 0.194 e. The molecule has 1 saturated carbocycles. The Hall–Kier alpha value is -1.06. The summed E-state index contributed by atoms with van der Waals surface area (Å²) in [5.41, 5.74) is 1.15. The Kier molecular flexibility index (Phi) is 9.52. The quantitative estimate of drug-likeness (QED) is 0.344. The van der Waals surface area contributed by atoms with Gasteiger partial charge in [-0.25, -0.2) is 4.99 Å². The average molecular weight is 529 g/mol. The first-order valence-corrected chi connectivity index (χ1v) is 11.3. The van der Waals surface area contributed by atoms with Crippen LogP contribution >= 0.6 is 24.0 Å². The Bertz CT molecular complexity index is 675. The van der Waals surface area contributed by atoms with Crippen LogP contribution in [0.2, 0.25) is 0 Å². The maximum atomic E-state index is 6.29. The van der Waals surface area contributed by atoms with Crippen molar-refractivity contribution in [2.24, 2.45) is 4.99 Å². The van der Waals surface area contributed by atoms with Gasteiger partial charge in [0, 0.05) is 31.8 Å². The fourth-order valence-electron chi connectivity index (χ4n) is 4.51. The van der Waals surface area contributed by atoms with Crippen LogP contribution in [0.3, 0.4) is 0 Å². The van der Waals surface area contributed by atoms with Crippen LogP contribution < -0.4 is 10.1 Å². The predicted octanol–water partition coefficient (Wildman–Crippen LogP) is 3.97. The number of para-hydroxylation sites is 1. The number of halogens is 1. The third-order valence-corrected chi connectivity index (χ3v) is 6.08. The lowest BCUT2D eigenvalue weighted by molar-refractivity contribution is -0.0817. The first kappa shape index (κ1) is 23.6. The maximum absolute atomic E-state index is 6.29. The van der Waals surface area contributed by atoms with Crippen molar-refractivity contribution in [3.63, 3.8) is 0 Å². The number of benzene rings is 1. The Morgan fingerprint density at radius 2 is 1.90 bits per heavy atom. The van der Waals surface area contributed by atoms with Crippen molar-refractivity contribution < 1.29 is 14.2 Å². The highest BCUT2D eigenvalue weighted by atomic mass is 127. The number of guanidine groups is 1. The molecule has 4 rings (SSSR count). The van der Waals surface area contributed by atoms with Crippen LogP contribution in [0.5, 0.6) is 5.75 Å². The molecule has 3 fully saturated rings. The van der Waals surface area contributed by atoms with Gasteiger partial charge in [0.05, 0.1) is 25.4 Å². The Balaban J connectivity index is 0.00000256. The normalized spacial score (nSPS) is 25.2.